The molecule has 3 heteroatoms. The smallest absolute Gasteiger partial charge is 0.195 e. The number of anilines is 1. The van der Waals surface area contributed by atoms with Gasteiger partial charge in [-0.05, 0) is 23.8 Å². The van der Waals surface area contributed by atoms with Gasteiger partial charge in [0.2, 0.25) is 0 Å². The largest absolute Gasteiger partial charge is 0.398 e. The van der Waals surface area contributed by atoms with Gasteiger partial charge < -0.3 is 5.73 Å². The number of benzene rings is 2. The SMILES string of the molecule is N#CC=Cc1ccc(N)c(C(=O)c2ccccc2)c1. The third kappa shape index (κ3) is 2.88. The molecular weight excluding hydrogens is 236 g/mol. The van der Waals surface area contributed by atoms with Crippen LogP contribution in [0.2, 0.25) is 0 Å². The number of allylic oxidation sites excluding steroid dienone is 1. The van der Waals surface area contributed by atoms with Crippen LogP contribution >= 0.6 is 0 Å². The van der Waals surface area contributed by atoms with Crippen molar-refractivity contribution in [1.82, 2.24) is 0 Å². The summed E-state index contributed by atoms with van der Waals surface area (Å²) in [5.74, 6) is -0.120. The summed E-state index contributed by atoms with van der Waals surface area (Å²) in [5, 5.41) is 8.51. The van der Waals surface area contributed by atoms with Gasteiger partial charge in [0.15, 0.2) is 5.78 Å². The minimum atomic E-state index is -0.120. The first-order valence-corrected chi connectivity index (χ1v) is 5.78. The molecule has 0 saturated carbocycles. The fourth-order valence-corrected chi connectivity index (χ4v) is 1.75. The lowest BCUT2D eigenvalue weighted by Crippen LogP contribution is -2.05. The lowest BCUT2D eigenvalue weighted by atomic mass is 9.99. The van der Waals surface area contributed by atoms with Crippen LogP contribution in [-0.4, -0.2) is 5.78 Å². The number of nitriles is 1. The summed E-state index contributed by atoms with van der Waals surface area (Å²) in [6.45, 7) is 0. The van der Waals surface area contributed by atoms with Gasteiger partial charge in [-0.25, -0.2) is 0 Å². The molecule has 0 saturated heterocycles. The molecule has 0 spiro atoms. The third-order valence-electron chi connectivity index (χ3n) is 2.71. The number of nitrogen functional groups attached to an aromatic ring is 1. The van der Waals surface area contributed by atoms with E-state index >= 15 is 0 Å². The van der Waals surface area contributed by atoms with Crippen molar-refractivity contribution in [3.63, 3.8) is 0 Å². The second-order valence-corrected chi connectivity index (χ2v) is 4.00. The van der Waals surface area contributed by atoms with Crippen molar-refractivity contribution in [2.75, 3.05) is 5.73 Å². The van der Waals surface area contributed by atoms with Gasteiger partial charge in [-0.1, -0.05) is 36.4 Å². The van der Waals surface area contributed by atoms with E-state index in [-0.39, 0.29) is 5.78 Å². The number of carbonyl (C=O) groups excluding carboxylic acids is 1. The number of hydrogen-bond donors (Lipinski definition) is 1. The number of ketones is 1. The molecule has 0 aliphatic heterocycles. The van der Waals surface area contributed by atoms with E-state index < -0.39 is 0 Å². The Labute approximate surface area is 111 Å². The highest BCUT2D eigenvalue weighted by Gasteiger charge is 2.12. The zero-order valence-electron chi connectivity index (χ0n) is 10.2. The van der Waals surface area contributed by atoms with Gasteiger partial charge >= 0.3 is 0 Å². The van der Waals surface area contributed by atoms with E-state index in [0.717, 1.165) is 5.56 Å². The predicted octanol–water partition coefficient (Wildman–Crippen LogP) is 3.04. The maximum absolute atomic E-state index is 12.3. The summed E-state index contributed by atoms with van der Waals surface area (Å²) >= 11 is 0. The molecule has 0 atom stereocenters. The Bertz CT molecular complexity index is 667. The Kier molecular flexibility index (Phi) is 3.75. The fourth-order valence-electron chi connectivity index (χ4n) is 1.75. The number of hydrogen-bond acceptors (Lipinski definition) is 3. The number of carbonyl (C=O) groups is 1. The Morgan fingerprint density at radius 3 is 2.58 bits per heavy atom. The van der Waals surface area contributed by atoms with Crippen LogP contribution in [0.15, 0.2) is 54.6 Å². The van der Waals surface area contributed by atoms with E-state index in [2.05, 4.69) is 0 Å². The monoisotopic (exact) mass is 248 g/mol. The molecule has 2 aromatic rings. The standard InChI is InChI=1S/C16H12N2O/c17-10-4-5-12-8-9-15(18)14(11-12)16(19)13-6-2-1-3-7-13/h1-9,11H,18H2. The minimum Gasteiger partial charge on any atom is -0.398 e. The zero-order valence-corrected chi connectivity index (χ0v) is 10.2. The van der Waals surface area contributed by atoms with Crippen LogP contribution < -0.4 is 5.73 Å². The average Bonchev–Trinajstić information content (AvgIpc) is 2.46. The molecule has 2 rings (SSSR count). The second-order valence-electron chi connectivity index (χ2n) is 4.00. The van der Waals surface area contributed by atoms with Crippen molar-refractivity contribution in [3.8, 4) is 6.07 Å². The molecule has 0 aliphatic carbocycles. The lowest BCUT2D eigenvalue weighted by Gasteiger charge is -2.06. The van der Waals surface area contributed by atoms with E-state index in [9.17, 15) is 4.79 Å². The first-order chi connectivity index (χ1) is 9.22. The molecule has 0 unspecified atom stereocenters. The molecule has 0 radical (unpaired) electrons. The highest BCUT2D eigenvalue weighted by atomic mass is 16.1. The van der Waals surface area contributed by atoms with Crippen molar-refractivity contribution in [3.05, 3.63) is 71.3 Å². The van der Waals surface area contributed by atoms with Crippen molar-refractivity contribution < 1.29 is 4.79 Å². The Balaban J connectivity index is 2.42. The molecule has 0 heterocycles. The molecular formula is C16H12N2O. The van der Waals surface area contributed by atoms with Crippen molar-refractivity contribution >= 4 is 17.5 Å². The van der Waals surface area contributed by atoms with E-state index in [4.69, 9.17) is 11.0 Å². The average molecular weight is 248 g/mol. The molecule has 2 aromatic carbocycles. The van der Waals surface area contributed by atoms with Gasteiger partial charge in [-0.15, -0.1) is 0 Å². The molecule has 0 fully saturated rings. The van der Waals surface area contributed by atoms with Crippen LogP contribution in [0.5, 0.6) is 0 Å². The maximum Gasteiger partial charge on any atom is 0.195 e. The summed E-state index contributed by atoms with van der Waals surface area (Å²) in [6, 6.07) is 16.0. The number of rotatable bonds is 3. The molecule has 0 aliphatic rings. The van der Waals surface area contributed by atoms with Crippen LogP contribution in [0.25, 0.3) is 6.08 Å². The van der Waals surface area contributed by atoms with Gasteiger partial charge in [0, 0.05) is 22.9 Å². The van der Waals surface area contributed by atoms with E-state index in [0.29, 0.717) is 16.8 Å². The molecule has 0 bridgehead atoms. The highest BCUT2D eigenvalue weighted by molar-refractivity contribution is 6.12. The van der Waals surface area contributed by atoms with E-state index in [1.54, 1.807) is 36.4 Å². The van der Waals surface area contributed by atoms with Crippen LogP contribution in [0.3, 0.4) is 0 Å². The van der Waals surface area contributed by atoms with E-state index in [1.165, 1.54) is 6.08 Å². The maximum atomic E-state index is 12.3. The number of nitrogens with zero attached hydrogens (tertiary/aromatic N) is 1. The number of nitrogens with two attached hydrogens (primary N) is 1. The van der Waals surface area contributed by atoms with Crippen LogP contribution in [0, 0.1) is 11.3 Å². The van der Waals surface area contributed by atoms with Crippen LogP contribution in [0.4, 0.5) is 5.69 Å². The van der Waals surface area contributed by atoms with E-state index in [1.807, 2.05) is 24.3 Å². The first kappa shape index (κ1) is 12.6. The quantitative estimate of drug-likeness (QED) is 0.515. The molecule has 0 amide bonds. The van der Waals surface area contributed by atoms with Crippen molar-refractivity contribution in [2.45, 2.75) is 0 Å². The topological polar surface area (TPSA) is 66.9 Å². The molecule has 92 valence electrons. The van der Waals surface area contributed by atoms with Crippen molar-refractivity contribution in [2.24, 2.45) is 0 Å². The lowest BCUT2D eigenvalue weighted by molar-refractivity contribution is 0.103. The normalized spacial score (nSPS) is 10.3. The van der Waals surface area contributed by atoms with Gasteiger partial charge in [-0.2, -0.15) is 5.26 Å². The predicted molar refractivity (Wildman–Crippen MR) is 75.4 cm³/mol. The van der Waals surface area contributed by atoms with Crippen molar-refractivity contribution in [1.29, 1.82) is 5.26 Å². The molecule has 19 heavy (non-hydrogen) atoms. The van der Waals surface area contributed by atoms with Crippen LogP contribution in [0.1, 0.15) is 21.5 Å². The molecule has 0 aromatic heterocycles. The summed E-state index contributed by atoms with van der Waals surface area (Å²) in [4.78, 5) is 12.3. The first-order valence-electron chi connectivity index (χ1n) is 5.78. The summed E-state index contributed by atoms with van der Waals surface area (Å²) in [7, 11) is 0. The Morgan fingerprint density at radius 1 is 1.16 bits per heavy atom. The third-order valence-corrected chi connectivity index (χ3v) is 2.71. The highest BCUT2D eigenvalue weighted by Crippen LogP contribution is 2.19. The summed E-state index contributed by atoms with van der Waals surface area (Å²) < 4.78 is 0. The van der Waals surface area contributed by atoms with Gasteiger partial charge in [0.1, 0.15) is 0 Å². The van der Waals surface area contributed by atoms with Gasteiger partial charge in [0.05, 0.1) is 6.07 Å². The van der Waals surface area contributed by atoms with Gasteiger partial charge in [-0.3, -0.25) is 4.79 Å². The summed E-state index contributed by atoms with van der Waals surface area (Å²) in [6.07, 6.45) is 3.00. The zero-order chi connectivity index (χ0) is 13.7. The molecule has 2 N–H and O–H groups in total. The Hall–Kier alpha value is -2.86. The minimum absolute atomic E-state index is 0.120. The second kappa shape index (κ2) is 5.65. The Morgan fingerprint density at radius 2 is 1.89 bits per heavy atom. The van der Waals surface area contributed by atoms with Crippen LogP contribution in [-0.2, 0) is 0 Å². The fraction of sp³-hybridized carbons (Fsp3) is 0. The van der Waals surface area contributed by atoms with Gasteiger partial charge in [0.25, 0.3) is 0 Å². The summed E-state index contributed by atoms with van der Waals surface area (Å²) in [5.41, 5.74) is 8.10. The molecule has 3 nitrogen and oxygen atoms in total.